The zero-order valence-electron chi connectivity index (χ0n) is 10.5. The molecule has 0 fully saturated rings. The summed E-state index contributed by atoms with van der Waals surface area (Å²) < 4.78 is 0. The van der Waals surface area contributed by atoms with E-state index < -0.39 is 5.92 Å². The largest absolute Gasteiger partial charge is 0.351 e. The summed E-state index contributed by atoms with van der Waals surface area (Å²) in [7, 11) is 0. The van der Waals surface area contributed by atoms with Gasteiger partial charge in [-0.25, -0.2) is 0 Å². The minimum absolute atomic E-state index is 0.0398. The van der Waals surface area contributed by atoms with Gasteiger partial charge in [0.15, 0.2) is 0 Å². The van der Waals surface area contributed by atoms with Crippen molar-refractivity contribution in [3.63, 3.8) is 0 Å². The standard InChI is InChI=1S/C14H18N2O/c1-10(2)13(8-15)14(17)16-9-12-6-4-11(3)5-7-12/h4-7,10,13H,9H2,1-3H3,(H,16,17). The molecule has 1 N–H and O–H groups in total. The second kappa shape index (κ2) is 6.05. The topological polar surface area (TPSA) is 52.9 Å². The first-order valence-corrected chi connectivity index (χ1v) is 5.77. The molecule has 0 aromatic heterocycles. The monoisotopic (exact) mass is 230 g/mol. The minimum atomic E-state index is -0.569. The van der Waals surface area contributed by atoms with Crippen LogP contribution in [0.4, 0.5) is 0 Å². The van der Waals surface area contributed by atoms with Crippen molar-refractivity contribution in [1.82, 2.24) is 5.32 Å². The molecule has 3 heteroatoms. The van der Waals surface area contributed by atoms with Gasteiger partial charge in [0, 0.05) is 6.54 Å². The van der Waals surface area contributed by atoms with Crippen molar-refractivity contribution in [3.05, 3.63) is 35.4 Å². The summed E-state index contributed by atoms with van der Waals surface area (Å²) in [4.78, 5) is 11.7. The highest BCUT2D eigenvalue weighted by molar-refractivity contribution is 5.81. The number of aryl methyl sites for hydroxylation is 1. The summed E-state index contributed by atoms with van der Waals surface area (Å²) in [5.74, 6) is -0.721. The first kappa shape index (κ1) is 13.2. The second-order valence-electron chi connectivity index (χ2n) is 4.55. The van der Waals surface area contributed by atoms with Crippen molar-refractivity contribution in [2.75, 3.05) is 0 Å². The van der Waals surface area contributed by atoms with Crippen molar-refractivity contribution >= 4 is 5.91 Å². The Labute approximate surface area is 102 Å². The third kappa shape index (κ3) is 3.92. The Kier molecular flexibility index (Phi) is 4.71. The third-order valence-corrected chi connectivity index (χ3v) is 2.68. The molecule has 1 rings (SSSR count). The van der Waals surface area contributed by atoms with Crippen LogP contribution < -0.4 is 5.32 Å². The van der Waals surface area contributed by atoms with Crippen molar-refractivity contribution in [2.24, 2.45) is 11.8 Å². The van der Waals surface area contributed by atoms with Crippen LogP contribution in [0.1, 0.15) is 25.0 Å². The van der Waals surface area contributed by atoms with Crippen molar-refractivity contribution in [2.45, 2.75) is 27.3 Å². The number of carbonyl (C=O) groups is 1. The van der Waals surface area contributed by atoms with Gasteiger partial charge in [-0.2, -0.15) is 5.26 Å². The summed E-state index contributed by atoms with van der Waals surface area (Å²) >= 11 is 0. The van der Waals surface area contributed by atoms with Crippen molar-refractivity contribution in [1.29, 1.82) is 5.26 Å². The molecule has 1 amide bonds. The number of carbonyl (C=O) groups excluding carboxylic acids is 1. The predicted octanol–water partition coefficient (Wildman–Crippen LogP) is 2.41. The molecule has 0 saturated heterocycles. The maximum Gasteiger partial charge on any atom is 0.237 e. The Bertz CT molecular complexity index is 415. The fraction of sp³-hybridized carbons (Fsp3) is 0.429. The van der Waals surface area contributed by atoms with Crippen LogP contribution in [-0.4, -0.2) is 5.91 Å². The van der Waals surface area contributed by atoms with E-state index in [1.54, 1.807) is 0 Å². The molecule has 17 heavy (non-hydrogen) atoms. The Hall–Kier alpha value is -1.82. The van der Waals surface area contributed by atoms with Gasteiger partial charge in [0.25, 0.3) is 0 Å². The van der Waals surface area contributed by atoms with Crippen molar-refractivity contribution < 1.29 is 4.79 Å². The first-order chi connectivity index (χ1) is 8.04. The molecule has 0 saturated carbocycles. The fourth-order valence-corrected chi connectivity index (χ4v) is 1.52. The Balaban J connectivity index is 2.54. The van der Waals surface area contributed by atoms with Gasteiger partial charge in [-0.05, 0) is 18.4 Å². The minimum Gasteiger partial charge on any atom is -0.351 e. The lowest BCUT2D eigenvalue weighted by Crippen LogP contribution is -2.32. The van der Waals surface area contributed by atoms with E-state index in [1.165, 1.54) is 5.56 Å². The third-order valence-electron chi connectivity index (χ3n) is 2.68. The van der Waals surface area contributed by atoms with E-state index in [9.17, 15) is 4.79 Å². The number of nitrogens with zero attached hydrogens (tertiary/aromatic N) is 1. The maximum absolute atomic E-state index is 11.7. The molecule has 0 heterocycles. The van der Waals surface area contributed by atoms with Crippen LogP contribution in [0.5, 0.6) is 0 Å². The van der Waals surface area contributed by atoms with E-state index in [4.69, 9.17) is 5.26 Å². The summed E-state index contributed by atoms with van der Waals surface area (Å²) in [5.41, 5.74) is 2.24. The van der Waals surface area contributed by atoms with Crippen molar-refractivity contribution in [3.8, 4) is 6.07 Å². The lowest BCUT2D eigenvalue weighted by Gasteiger charge is -2.13. The number of hydrogen-bond donors (Lipinski definition) is 1. The molecule has 90 valence electrons. The van der Waals surface area contributed by atoms with Crippen LogP contribution in [0.15, 0.2) is 24.3 Å². The number of nitriles is 1. The van der Waals surface area contributed by atoms with Crippen LogP contribution in [0.3, 0.4) is 0 Å². The molecule has 1 unspecified atom stereocenters. The van der Waals surface area contributed by atoms with Gasteiger partial charge in [0.2, 0.25) is 5.91 Å². The van der Waals surface area contributed by atoms with Gasteiger partial charge in [0.05, 0.1) is 6.07 Å². The summed E-state index contributed by atoms with van der Waals surface area (Å²) in [6, 6.07) is 10.0. The van der Waals surface area contributed by atoms with Gasteiger partial charge in [-0.15, -0.1) is 0 Å². The van der Waals surface area contributed by atoms with Crippen LogP contribution in [0, 0.1) is 30.1 Å². The number of amides is 1. The van der Waals surface area contributed by atoms with Gasteiger partial charge in [-0.3, -0.25) is 4.79 Å². The molecule has 1 atom stereocenters. The molecule has 0 bridgehead atoms. The number of hydrogen-bond acceptors (Lipinski definition) is 2. The molecule has 0 spiro atoms. The molecule has 0 aliphatic carbocycles. The zero-order valence-corrected chi connectivity index (χ0v) is 10.5. The van der Waals surface area contributed by atoms with Gasteiger partial charge >= 0.3 is 0 Å². The average molecular weight is 230 g/mol. The first-order valence-electron chi connectivity index (χ1n) is 5.77. The quantitative estimate of drug-likeness (QED) is 0.863. The molecular formula is C14H18N2O. The number of benzene rings is 1. The number of rotatable bonds is 4. The van der Waals surface area contributed by atoms with E-state index in [1.807, 2.05) is 51.1 Å². The lowest BCUT2D eigenvalue weighted by molar-refractivity contribution is -0.124. The Morgan fingerprint density at radius 3 is 2.41 bits per heavy atom. The number of nitrogens with one attached hydrogen (secondary N) is 1. The van der Waals surface area contributed by atoms with Gasteiger partial charge in [-0.1, -0.05) is 43.7 Å². The smallest absolute Gasteiger partial charge is 0.237 e. The summed E-state index contributed by atoms with van der Waals surface area (Å²) in [6.45, 7) is 6.25. The highest BCUT2D eigenvalue weighted by Gasteiger charge is 2.20. The van der Waals surface area contributed by atoms with Crippen LogP contribution in [-0.2, 0) is 11.3 Å². The van der Waals surface area contributed by atoms with Crippen LogP contribution >= 0.6 is 0 Å². The Morgan fingerprint density at radius 2 is 1.94 bits per heavy atom. The SMILES string of the molecule is Cc1ccc(CNC(=O)C(C#N)C(C)C)cc1. The van der Waals surface area contributed by atoms with Gasteiger partial charge < -0.3 is 5.32 Å². The highest BCUT2D eigenvalue weighted by Crippen LogP contribution is 2.10. The summed E-state index contributed by atoms with van der Waals surface area (Å²) in [6.07, 6.45) is 0. The van der Waals surface area contributed by atoms with Gasteiger partial charge in [0.1, 0.15) is 5.92 Å². The molecular weight excluding hydrogens is 212 g/mol. The fourth-order valence-electron chi connectivity index (χ4n) is 1.52. The van der Waals surface area contributed by atoms with E-state index in [0.717, 1.165) is 5.56 Å². The molecule has 1 aromatic rings. The molecule has 3 nitrogen and oxygen atoms in total. The average Bonchev–Trinajstić information content (AvgIpc) is 2.28. The second-order valence-corrected chi connectivity index (χ2v) is 4.55. The zero-order chi connectivity index (χ0) is 12.8. The van der Waals surface area contributed by atoms with Crippen LogP contribution in [0.25, 0.3) is 0 Å². The van der Waals surface area contributed by atoms with E-state index >= 15 is 0 Å². The summed E-state index contributed by atoms with van der Waals surface area (Å²) in [5, 5.41) is 11.7. The predicted molar refractivity (Wildman–Crippen MR) is 67.0 cm³/mol. The maximum atomic E-state index is 11.7. The van der Waals surface area contributed by atoms with E-state index in [2.05, 4.69) is 5.32 Å². The Morgan fingerprint density at radius 1 is 1.35 bits per heavy atom. The van der Waals surface area contributed by atoms with Crippen LogP contribution in [0.2, 0.25) is 0 Å². The molecule has 0 aliphatic heterocycles. The normalized spacial score (nSPS) is 11.9. The lowest BCUT2D eigenvalue weighted by atomic mass is 9.96. The molecule has 0 aliphatic rings. The van der Waals surface area contributed by atoms with E-state index in [-0.39, 0.29) is 11.8 Å². The highest BCUT2D eigenvalue weighted by atomic mass is 16.1. The molecule has 0 radical (unpaired) electrons. The molecule has 1 aromatic carbocycles. The van der Waals surface area contributed by atoms with E-state index in [0.29, 0.717) is 6.54 Å².